The van der Waals surface area contributed by atoms with Crippen molar-refractivity contribution in [1.29, 1.82) is 0 Å². The Morgan fingerprint density at radius 2 is 2.38 bits per heavy atom. The zero-order valence-electron chi connectivity index (χ0n) is 8.25. The van der Waals surface area contributed by atoms with Crippen LogP contribution in [0.4, 0.5) is 0 Å². The molecule has 1 fully saturated rings. The van der Waals surface area contributed by atoms with E-state index >= 15 is 0 Å². The van der Waals surface area contributed by atoms with Gasteiger partial charge >= 0.3 is 0 Å². The Bertz CT molecular complexity index is 184. The van der Waals surface area contributed by atoms with Crippen LogP contribution in [0.3, 0.4) is 0 Å². The van der Waals surface area contributed by atoms with E-state index in [4.69, 9.17) is 10.5 Å². The third kappa shape index (κ3) is 3.32. The lowest BCUT2D eigenvalue weighted by atomic mass is 10.3. The fraction of sp³-hybridized carbons (Fsp3) is 0.889. The number of hydrogen-bond acceptors (Lipinski definition) is 3. The summed E-state index contributed by atoms with van der Waals surface area (Å²) in [6, 6.07) is 0.166. The number of nitrogens with one attached hydrogen (secondary N) is 1. The summed E-state index contributed by atoms with van der Waals surface area (Å²) in [6.07, 6.45) is 0.827. The predicted molar refractivity (Wildman–Crippen MR) is 50.2 cm³/mol. The first-order valence-electron chi connectivity index (χ1n) is 4.78. The van der Waals surface area contributed by atoms with Crippen molar-refractivity contribution in [1.82, 2.24) is 5.32 Å². The molecular formula is C9H18N2O2. The summed E-state index contributed by atoms with van der Waals surface area (Å²) in [6.45, 7) is 5.13. The molecule has 1 aliphatic rings. The third-order valence-electron chi connectivity index (χ3n) is 2.14. The first-order chi connectivity index (χ1) is 6.15. The van der Waals surface area contributed by atoms with Gasteiger partial charge in [0.1, 0.15) is 0 Å². The van der Waals surface area contributed by atoms with Crippen LogP contribution in [0.1, 0.15) is 20.3 Å². The molecule has 76 valence electrons. The van der Waals surface area contributed by atoms with Crippen molar-refractivity contribution >= 4 is 5.91 Å². The van der Waals surface area contributed by atoms with Crippen molar-refractivity contribution in [3.05, 3.63) is 0 Å². The Morgan fingerprint density at radius 3 is 2.85 bits per heavy atom. The number of nitrogens with two attached hydrogens (primary N) is 1. The number of carbonyl (C=O) groups excluding carboxylic acids is 1. The highest BCUT2D eigenvalue weighted by Gasteiger charge is 2.40. The Kier molecular flexibility index (Phi) is 3.69. The molecule has 13 heavy (non-hydrogen) atoms. The molecule has 0 saturated heterocycles. The van der Waals surface area contributed by atoms with E-state index in [2.05, 4.69) is 5.32 Å². The van der Waals surface area contributed by atoms with Crippen molar-refractivity contribution < 1.29 is 9.53 Å². The molecule has 1 aliphatic carbocycles. The zero-order valence-corrected chi connectivity index (χ0v) is 8.25. The second kappa shape index (κ2) is 4.58. The van der Waals surface area contributed by atoms with Gasteiger partial charge in [0.05, 0.1) is 12.5 Å². The largest absolute Gasteiger partial charge is 0.380 e. The van der Waals surface area contributed by atoms with Gasteiger partial charge in [-0.15, -0.1) is 0 Å². The fourth-order valence-corrected chi connectivity index (χ4v) is 1.20. The van der Waals surface area contributed by atoms with Crippen LogP contribution in [0.5, 0.6) is 0 Å². The fourth-order valence-electron chi connectivity index (χ4n) is 1.20. The lowest BCUT2D eigenvalue weighted by Gasteiger charge is -2.13. The van der Waals surface area contributed by atoms with Crippen LogP contribution < -0.4 is 11.1 Å². The van der Waals surface area contributed by atoms with Gasteiger partial charge < -0.3 is 15.8 Å². The first-order valence-corrected chi connectivity index (χ1v) is 4.78. The van der Waals surface area contributed by atoms with Crippen LogP contribution in [0.2, 0.25) is 0 Å². The maximum Gasteiger partial charge on any atom is 0.225 e. The highest BCUT2D eigenvalue weighted by molar-refractivity contribution is 5.82. The average molecular weight is 186 g/mol. The van der Waals surface area contributed by atoms with E-state index in [-0.39, 0.29) is 23.9 Å². The number of carbonyl (C=O) groups is 1. The van der Waals surface area contributed by atoms with E-state index in [0.717, 1.165) is 6.42 Å². The van der Waals surface area contributed by atoms with Gasteiger partial charge in [0, 0.05) is 18.7 Å². The Labute approximate surface area is 78.8 Å². The van der Waals surface area contributed by atoms with Crippen LogP contribution in [0, 0.1) is 5.92 Å². The van der Waals surface area contributed by atoms with Gasteiger partial charge in [0.2, 0.25) is 5.91 Å². The second-order valence-electron chi connectivity index (χ2n) is 3.58. The smallest absolute Gasteiger partial charge is 0.225 e. The number of hydrogen-bond donors (Lipinski definition) is 2. The van der Waals surface area contributed by atoms with E-state index in [1.807, 2.05) is 13.8 Å². The van der Waals surface area contributed by atoms with E-state index in [1.54, 1.807) is 0 Å². The number of ether oxygens (including phenoxy) is 1. The topological polar surface area (TPSA) is 64.3 Å². The molecule has 3 atom stereocenters. The average Bonchev–Trinajstić information content (AvgIpc) is 2.79. The van der Waals surface area contributed by atoms with Crippen LogP contribution in [0.15, 0.2) is 0 Å². The summed E-state index contributed by atoms with van der Waals surface area (Å²) in [4.78, 5) is 11.3. The van der Waals surface area contributed by atoms with Gasteiger partial charge in [0.15, 0.2) is 0 Å². The van der Waals surface area contributed by atoms with Gasteiger partial charge in [0.25, 0.3) is 0 Å². The molecule has 3 unspecified atom stereocenters. The molecule has 0 aromatic carbocycles. The van der Waals surface area contributed by atoms with Crippen molar-refractivity contribution in [2.75, 3.05) is 13.2 Å². The quantitative estimate of drug-likeness (QED) is 0.629. The third-order valence-corrected chi connectivity index (χ3v) is 2.14. The minimum Gasteiger partial charge on any atom is -0.380 e. The Morgan fingerprint density at radius 1 is 1.77 bits per heavy atom. The van der Waals surface area contributed by atoms with E-state index < -0.39 is 0 Å². The summed E-state index contributed by atoms with van der Waals surface area (Å²) in [5, 5.41) is 2.86. The molecule has 1 amide bonds. The first kappa shape index (κ1) is 10.5. The molecule has 0 aliphatic heterocycles. The lowest BCUT2D eigenvalue weighted by Crippen LogP contribution is -2.37. The molecule has 0 bridgehead atoms. The SMILES string of the molecule is CCOCC(C)NC(=O)C1CC1N. The summed E-state index contributed by atoms with van der Waals surface area (Å²) < 4.78 is 5.18. The number of rotatable bonds is 5. The normalized spacial score (nSPS) is 28.2. The second-order valence-corrected chi connectivity index (χ2v) is 3.58. The molecule has 0 aromatic heterocycles. The monoisotopic (exact) mass is 186 g/mol. The zero-order chi connectivity index (χ0) is 9.84. The van der Waals surface area contributed by atoms with E-state index in [0.29, 0.717) is 13.2 Å². The van der Waals surface area contributed by atoms with Crippen molar-refractivity contribution in [3.8, 4) is 0 Å². The molecule has 4 heteroatoms. The standard InChI is InChI=1S/C9H18N2O2/c1-3-13-5-6(2)11-9(12)7-4-8(7)10/h6-8H,3-5,10H2,1-2H3,(H,11,12). The molecule has 1 rings (SSSR count). The Balaban J connectivity index is 2.12. The molecule has 0 radical (unpaired) electrons. The molecule has 0 spiro atoms. The molecule has 0 heterocycles. The van der Waals surface area contributed by atoms with Crippen LogP contribution in [-0.4, -0.2) is 31.2 Å². The highest BCUT2D eigenvalue weighted by atomic mass is 16.5. The minimum absolute atomic E-state index is 0.0454. The van der Waals surface area contributed by atoms with Crippen LogP contribution in [0.25, 0.3) is 0 Å². The lowest BCUT2D eigenvalue weighted by molar-refractivity contribution is -0.123. The molecule has 3 N–H and O–H groups in total. The Hall–Kier alpha value is -0.610. The van der Waals surface area contributed by atoms with E-state index in [1.165, 1.54) is 0 Å². The van der Waals surface area contributed by atoms with Gasteiger partial charge in [-0.25, -0.2) is 0 Å². The van der Waals surface area contributed by atoms with Gasteiger partial charge in [-0.3, -0.25) is 4.79 Å². The summed E-state index contributed by atoms with van der Waals surface area (Å²) in [5.41, 5.74) is 5.55. The maximum absolute atomic E-state index is 11.3. The maximum atomic E-state index is 11.3. The summed E-state index contributed by atoms with van der Waals surface area (Å²) in [7, 11) is 0. The molecule has 0 aromatic rings. The van der Waals surface area contributed by atoms with Crippen molar-refractivity contribution in [2.45, 2.75) is 32.4 Å². The summed E-state index contributed by atoms with van der Waals surface area (Å²) >= 11 is 0. The van der Waals surface area contributed by atoms with Gasteiger partial charge in [-0.2, -0.15) is 0 Å². The van der Waals surface area contributed by atoms with Gasteiger partial charge in [-0.1, -0.05) is 0 Å². The van der Waals surface area contributed by atoms with Crippen LogP contribution >= 0.6 is 0 Å². The van der Waals surface area contributed by atoms with Crippen molar-refractivity contribution in [3.63, 3.8) is 0 Å². The predicted octanol–water partition coefficient (Wildman–Crippen LogP) is -0.125. The minimum atomic E-state index is 0.0454. The van der Waals surface area contributed by atoms with Crippen LogP contribution in [-0.2, 0) is 9.53 Å². The van der Waals surface area contributed by atoms with Crippen molar-refractivity contribution in [2.24, 2.45) is 11.7 Å². The molecular weight excluding hydrogens is 168 g/mol. The number of amides is 1. The summed E-state index contributed by atoms with van der Waals surface area (Å²) in [5.74, 6) is 0.115. The highest BCUT2D eigenvalue weighted by Crippen LogP contribution is 2.27. The molecule has 4 nitrogen and oxygen atoms in total. The van der Waals surface area contributed by atoms with Gasteiger partial charge in [-0.05, 0) is 20.3 Å². The van der Waals surface area contributed by atoms with E-state index in [9.17, 15) is 4.79 Å². The molecule has 1 saturated carbocycles.